The van der Waals surface area contributed by atoms with Gasteiger partial charge in [0.2, 0.25) is 0 Å². The molecule has 0 fully saturated rings. The molecule has 0 spiro atoms. The highest BCUT2D eigenvalue weighted by Gasteiger charge is 2.06. The standard InChI is InChI=1S/C3H7NO3.HO2/c4-2(1-5)3(6)7;1-2/h2,5H,1,4H2,(H,6,7);1H. The van der Waals surface area contributed by atoms with Gasteiger partial charge in [-0.05, 0) is 5.26 Å². The van der Waals surface area contributed by atoms with E-state index in [9.17, 15) is 4.79 Å². The maximum absolute atomic E-state index is 9.65. The lowest BCUT2D eigenvalue weighted by Gasteiger charge is -1.96. The van der Waals surface area contributed by atoms with Crippen LogP contribution < -0.4 is 5.73 Å². The highest BCUT2D eigenvalue weighted by molar-refractivity contribution is 5.73. The Morgan fingerprint density at radius 3 is 1.89 bits per heavy atom. The van der Waals surface area contributed by atoms with Crippen LogP contribution in [0.4, 0.5) is 0 Å². The maximum Gasteiger partial charge on any atom is 0.322 e. The molecule has 1 unspecified atom stereocenters. The molecule has 0 aliphatic rings. The molecule has 0 aliphatic heterocycles. The highest BCUT2D eigenvalue weighted by Crippen LogP contribution is 1.71. The second-order valence-electron chi connectivity index (χ2n) is 1.13. The van der Waals surface area contributed by atoms with Crippen molar-refractivity contribution in [3.63, 3.8) is 0 Å². The smallest absolute Gasteiger partial charge is 0.322 e. The number of aliphatic hydroxyl groups excluding tert-OH is 1. The van der Waals surface area contributed by atoms with Gasteiger partial charge in [0.05, 0.1) is 6.61 Å². The van der Waals surface area contributed by atoms with E-state index < -0.39 is 18.6 Å². The molecule has 9 heavy (non-hydrogen) atoms. The quantitative estimate of drug-likeness (QED) is 0.267. The Hall–Kier alpha value is -0.690. The van der Waals surface area contributed by atoms with Crippen LogP contribution in [0.2, 0.25) is 0 Å². The van der Waals surface area contributed by atoms with Crippen molar-refractivity contribution < 1.29 is 25.5 Å². The topological polar surface area (TPSA) is 124 Å². The number of carboxylic acid groups (broad SMARTS) is 1. The molecule has 0 aromatic rings. The normalized spacial score (nSPS) is 11.1. The van der Waals surface area contributed by atoms with Crippen LogP contribution in [0, 0.1) is 0 Å². The third-order valence-electron chi connectivity index (χ3n) is 0.514. The van der Waals surface area contributed by atoms with Gasteiger partial charge in [-0.3, -0.25) is 4.79 Å². The van der Waals surface area contributed by atoms with Crippen molar-refractivity contribution >= 4 is 5.97 Å². The van der Waals surface area contributed by atoms with Crippen molar-refractivity contribution in [2.24, 2.45) is 5.73 Å². The fourth-order valence-electron chi connectivity index (χ4n) is 0.0781. The summed E-state index contributed by atoms with van der Waals surface area (Å²) in [5.41, 5.74) is 4.77. The third kappa shape index (κ3) is 7.31. The molecule has 0 amide bonds. The van der Waals surface area contributed by atoms with E-state index in [1.165, 1.54) is 0 Å². The van der Waals surface area contributed by atoms with Crippen molar-refractivity contribution in [1.29, 1.82) is 0 Å². The van der Waals surface area contributed by atoms with Crippen molar-refractivity contribution in [1.82, 2.24) is 0 Å². The zero-order valence-electron chi connectivity index (χ0n) is 4.52. The summed E-state index contributed by atoms with van der Waals surface area (Å²) in [6.07, 6.45) is 0. The molecule has 0 aliphatic carbocycles. The molecule has 0 aromatic carbocycles. The summed E-state index contributed by atoms with van der Waals surface area (Å²) < 4.78 is 0. The summed E-state index contributed by atoms with van der Waals surface area (Å²) in [5, 5.41) is 28.9. The van der Waals surface area contributed by atoms with Crippen LogP contribution in [0.3, 0.4) is 0 Å². The van der Waals surface area contributed by atoms with Crippen molar-refractivity contribution in [3.05, 3.63) is 0 Å². The lowest BCUT2D eigenvalue weighted by molar-refractivity contribution is -0.247. The Bertz CT molecular complexity index is 74.6. The lowest BCUT2D eigenvalue weighted by Crippen LogP contribution is -2.33. The number of carbonyl (C=O) groups is 1. The monoisotopic (exact) mass is 138 g/mol. The van der Waals surface area contributed by atoms with E-state index in [0.717, 1.165) is 0 Å². The first kappa shape index (κ1) is 11.2. The van der Waals surface area contributed by atoms with E-state index in [1.54, 1.807) is 0 Å². The number of aliphatic carboxylic acids is 1. The number of hydrogen-bond donors (Lipinski definition) is 4. The van der Waals surface area contributed by atoms with Crippen LogP contribution >= 0.6 is 0 Å². The van der Waals surface area contributed by atoms with Crippen molar-refractivity contribution in [2.45, 2.75) is 6.04 Å². The molecule has 0 saturated heterocycles. The summed E-state index contributed by atoms with van der Waals surface area (Å²) in [4.78, 5) is 9.65. The molecule has 0 heterocycles. The first-order chi connectivity index (χ1) is 4.18. The Morgan fingerprint density at radius 1 is 1.56 bits per heavy atom. The van der Waals surface area contributed by atoms with Crippen LogP contribution in [-0.2, 0) is 10.1 Å². The summed E-state index contributed by atoms with van der Waals surface area (Å²) in [6, 6.07) is -1.13. The average Bonchev–Trinajstić information content (AvgIpc) is 1.91. The Balaban J connectivity index is 0. The van der Waals surface area contributed by atoms with Crippen LogP contribution in [0.5, 0.6) is 0 Å². The Kier molecular flexibility index (Phi) is 9.06. The minimum absolute atomic E-state index is 0.505. The van der Waals surface area contributed by atoms with Crippen LogP contribution in [0.15, 0.2) is 0 Å². The van der Waals surface area contributed by atoms with Crippen molar-refractivity contribution in [2.75, 3.05) is 6.61 Å². The second-order valence-corrected chi connectivity index (χ2v) is 1.13. The molecular weight excluding hydrogens is 130 g/mol. The maximum atomic E-state index is 9.65. The minimum Gasteiger partial charge on any atom is -0.480 e. The Morgan fingerprint density at radius 2 is 1.89 bits per heavy atom. The molecule has 0 rings (SSSR count). The fourth-order valence-corrected chi connectivity index (χ4v) is 0.0781. The van der Waals surface area contributed by atoms with Crippen LogP contribution in [0.1, 0.15) is 0 Å². The molecule has 0 saturated carbocycles. The number of hydrogen-bond acceptors (Lipinski definition) is 4. The Labute approximate surface area is 51.1 Å². The zero-order valence-corrected chi connectivity index (χ0v) is 4.52. The average molecular weight is 138 g/mol. The first-order valence-corrected chi connectivity index (χ1v) is 1.96. The summed E-state index contributed by atoms with van der Waals surface area (Å²) in [5.74, 6) is -1.18. The molecule has 5 N–H and O–H groups in total. The van der Waals surface area contributed by atoms with Gasteiger partial charge >= 0.3 is 5.97 Å². The van der Waals surface area contributed by atoms with E-state index in [-0.39, 0.29) is 0 Å². The summed E-state index contributed by atoms with van der Waals surface area (Å²) in [7, 11) is 0. The minimum atomic E-state index is -1.18. The number of carboxylic acids is 1. The van der Waals surface area contributed by atoms with Gasteiger partial charge in [-0.15, -0.1) is 0 Å². The molecular formula is C3H8NO5. The van der Waals surface area contributed by atoms with E-state index in [4.69, 9.17) is 26.5 Å². The number of nitrogens with two attached hydrogens (primary N) is 1. The molecule has 6 heteroatoms. The van der Waals surface area contributed by atoms with Gasteiger partial charge in [0.15, 0.2) is 0 Å². The van der Waals surface area contributed by atoms with Gasteiger partial charge in [-0.25, -0.2) is 5.26 Å². The second kappa shape index (κ2) is 7.31. The summed E-state index contributed by atoms with van der Waals surface area (Å²) in [6.45, 7) is -0.505. The lowest BCUT2D eigenvalue weighted by atomic mass is 10.3. The highest BCUT2D eigenvalue weighted by atomic mass is 17.0. The number of rotatable bonds is 2. The third-order valence-corrected chi connectivity index (χ3v) is 0.514. The zero-order chi connectivity index (χ0) is 7.86. The molecule has 1 radical (unpaired) electrons. The van der Waals surface area contributed by atoms with Crippen LogP contribution in [-0.4, -0.2) is 34.1 Å². The number of aliphatic hydroxyl groups is 1. The predicted octanol–water partition coefficient (Wildman–Crippen LogP) is -1.72. The molecule has 6 nitrogen and oxygen atoms in total. The van der Waals surface area contributed by atoms with Gasteiger partial charge in [0.1, 0.15) is 6.04 Å². The van der Waals surface area contributed by atoms with Gasteiger partial charge < -0.3 is 15.9 Å². The van der Waals surface area contributed by atoms with Crippen LogP contribution in [0.25, 0.3) is 0 Å². The van der Waals surface area contributed by atoms with Gasteiger partial charge in [-0.2, -0.15) is 0 Å². The van der Waals surface area contributed by atoms with Crippen molar-refractivity contribution in [3.8, 4) is 0 Å². The van der Waals surface area contributed by atoms with Gasteiger partial charge in [0.25, 0.3) is 0 Å². The van der Waals surface area contributed by atoms with E-state index in [2.05, 4.69) is 0 Å². The summed E-state index contributed by atoms with van der Waals surface area (Å²) >= 11 is 0. The van der Waals surface area contributed by atoms with Gasteiger partial charge in [-0.1, -0.05) is 0 Å². The van der Waals surface area contributed by atoms with E-state index in [0.29, 0.717) is 0 Å². The molecule has 0 aromatic heterocycles. The first-order valence-electron chi connectivity index (χ1n) is 1.96. The predicted molar refractivity (Wildman–Crippen MR) is 26.0 cm³/mol. The molecule has 0 bridgehead atoms. The largest absolute Gasteiger partial charge is 0.480 e. The van der Waals surface area contributed by atoms with E-state index in [1.807, 2.05) is 0 Å². The van der Waals surface area contributed by atoms with E-state index >= 15 is 0 Å². The van der Waals surface area contributed by atoms with Gasteiger partial charge in [0, 0.05) is 0 Å². The fraction of sp³-hybridized carbons (Fsp3) is 0.667. The molecule has 55 valence electrons. The SMILES string of the molecule is NC(CO)C(=O)O.[O]O. The molecule has 1 atom stereocenters.